The number of hydrogen-bond donors (Lipinski definition) is 3. The van der Waals surface area contributed by atoms with E-state index in [4.69, 9.17) is 9.72 Å². The highest BCUT2D eigenvalue weighted by Gasteiger charge is 2.31. The summed E-state index contributed by atoms with van der Waals surface area (Å²) in [6.45, 7) is 2.15. The summed E-state index contributed by atoms with van der Waals surface area (Å²) < 4.78 is 6.47. The van der Waals surface area contributed by atoms with Gasteiger partial charge < -0.3 is 20.7 Å². The van der Waals surface area contributed by atoms with Crippen LogP contribution in [-0.2, 0) is 9.53 Å². The first-order chi connectivity index (χ1) is 20.9. The molecule has 2 aliphatic rings. The van der Waals surface area contributed by atoms with Gasteiger partial charge in [-0.2, -0.15) is 10.4 Å². The van der Waals surface area contributed by atoms with Crippen molar-refractivity contribution in [3.8, 4) is 28.0 Å². The van der Waals surface area contributed by atoms with Crippen molar-refractivity contribution < 1.29 is 14.3 Å². The first-order valence-corrected chi connectivity index (χ1v) is 15.3. The van der Waals surface area contributed by atoms with Gasteiger partial charge in [0.1, 0.15) is 11.1 Å². The molecule has 0 saturated heterocycles. The highest BCUT2D eigenvalue weighted by atomic mass is 32.1. The Bertz CT molecular complexity index is 1680. The molecular formula is C30H33N9O3S. The highest BCUT2D eigenvalue weighted by molar-refractivity contribution is 7.14. The maximum Gasteiger partial charge on any atom is 0.406 e. The molecule has 3 N–H and O–H groups in total. The average molecular weight is 600 g/mol. The number of ether oxygens (including phenoxy) is 1. The van der Waals surface area contributed by atoms with Crippen LogP contribution >= 0.6 is 11.3 Å². The summed E-state index contributed by atoms with van der Waals surface area (Å²) >= 11 is 1.60. The van der Waals surface area contributed by atoms with Crippen LogP contribution in [0.5, 0.6) is 0 Å². The van der Waals surface area contributed by atoms with Crippen molar-refractivity contribution in [2.45, 2.75) is 63.5 Å². The Morgan fingerprint density at radius 2 is 1.93 bits per heavy atom. The van der Waals surface area contributed by atoms with Crippen molar-refractivity contribution in [2.75, 3.05) is 19.0 Å². The van der Waals surface area contributed by atoms with Gasteiger partial charge >= 0.3 is 6.09 Å². The molecule has 12 nitrogen and oxygen atoms in total. The number of rotatable bonds is 8. The Morgan fingerprint density at radius 1 is 1.12 bits per heavy atom. The lowest BCUT2D eigenvalue weighted by molar-refractivity contribution is -0.119. The van der Waals surface area contributed by atoms with Crippen molar-refractivity contribution in [2.24, 2.45) is 5.92 Å². The van der Waals surface area contributed by atoms with E-state index < -0.39 is 6.09 Å². The van der Waals surface area contributed by atoms with Crippen molar-refractivity contribution in [1.29, 1.82) is 5.26 Å². The van der Waals surface area contributed by atoms with E-state index in [1.54, 1.807) is 35.0 Å². The molecule has 4 heterocycles. The van der Waals surface area contributed by atoms with Gasteiger partial charge in [0.2, 0.25) is 5.91 Å². The Morgan fingerprint density at radius 3 is 2.67 bits per heavy atom. The van der Waals surface area contributed by atoms with Crippen molar-refractivity contribution in [1.82, 2.24) is 35.4 Å². The number of anilines is 1. The van der Waals surface area contributed by atoms with Gasteiger partial charge in [0.15, 0.2) is 5.01 Å². The third-order valence-corrected chi connectivity index (χ3v) is 9.39. The van der Waals surface area contributed by atoms with Crippen LogP contribution in [0.1, 0.15) is 61.9 Å². The Hall–Kier alpha value is -4.57. The van der Waals surface area contributed by atoms with Crippen LogP contribution < -0.4 is 16.0 Å². The zero-order chi connectivity index (χ0) is 29.9. The number of nitrogens with zero attached hydrogens (tertiary/aromatic N) is 6. The van der Waals surface area contributed by atoms with Crippen molar-refractivity contribution in [3.05, 3.63) is 47.2 Å². The van der Waals surface area contributed by atoms with E-state index in [-0.39, 0.29) is 18.0 Å². The zero-order valence-corrected chi connectivity index (χ0v) is 24.9. The largest absolute Gasteiger partial charge is 0.453 e. The lowest BCUT2D eigenvalue weighted by Gasteiger charge is -2.36. The summed E-state index contributed by atoms with van der Waals surface area (Å²) in [5, 5.41) is 34.2. The Labute approximate surface area is 252 Å². The van der Waals surface area contributed by atoms with E-state index in [1.165, 1.54) is 7.11 Å². The molecule has 0 unspecified atom stereocenters. The number of aromatic nitrogens is 5. The molecule has 2 aliphatic carbocycles. The predicted octanol–water partition coefficient (Wildman–Crippen LogP) is 4.50. The first-order valence-electron chi connectivity index (χ1n) is 14.5. The number of pyridine rings is 1. The fourth-order valence-corrected chi connectivity index (χ4v) is 7.00. The highest BCUT2D eigenvalue weighted by Crippen LogP contribution is 2.40. The molecule has 0 aliphatic heterocycles. The number of nitrogens with one attached hydrogen (secondary N) is 3. The number of methoxy groups -OCH3 is 1. The molecule has 43 heavy (non-hydrogen) atoms. The van der Waals surface area contributed by atoms with Gasteiger partial charge in [0.05, 0.1) is 41.3 Å². The molecule has 222 valence electrons. The lowest BCUT2D eigenvalue weighted by atomic mass is 9.80. The van der Waals surface area contributed by atoms with Gasteiger partial charge in [-0.3, -0.25) is 9.78 Å². The monoisotopic (exact) mass is 599 g/mol. The Balaban J connectivity index is 1.24. The standard InChI is InChI=1S/C30H33N9O3S/c1-17(40)35-21-5-3-20(4-6-21)28-37-38-29(43-28)24-16-32-26(27-8-7-23-11-19(13-31)15-34-39(23)27)12-25(24)36-22-9-18(10-22)14-33-30(41)42-2/h7-8,11-12,15-16,18,20-22H,3-6,9-10,14H2,1-2H3,(H,32,36)(H,33,41)(H,35,40). The van der Waals surface area contributed by atoms with Crippen molar-refractivity contribution in [3.63, 3.8) is 0 Å². The minimum atomic E-state index is -0.414. The van der Waals surface area contributed by atoms with Crippen LogP contribution in [0.25, 0.3) is 27.5 Å². The second-order valence-electron chi connectivity index (χ2n) is 11.3. The van der Waals surface area contributed by atoms with E-state index in [2.05, 4.69) is 37.3 Å². The smallest absolute Gasteiger partial charge is 0.406 e. The summed E-state index contributed by atoms with van der Waals surface area (Å²) in [5.41, 5.74) is 4.67. The zero-order valence-electron chi connectivity index (χ0n) is 24.0. The number of alkyl carbamates (subject to hydrolysis) is 1. The normalized spacial score (nSPS) is 21.4. The number of fused-ring (bicyclic) bond motifs is 1. The van der Waals surface area contributed by atoms with E-state index in [0.717, 1.165) is 76.7 Å². The number of amides is 2. The average Bonchev–Trinajstić information content (AvgIpc) is 3.65. The molecule has 13 heteroatoms. The SMILES string of the molecule is COC(=O)NCC1CC(Nc2cc(-c3ccc4cc(C#N)cnn34)ncc2-c2nnc(C3CCC(NC(C)=O)CC3)s2)C1. The number of carbonyl (C=O) groups excluding carboxylic acids is 2. The van der Waals surface area contributed by atoms with Gasteiger partial charge in [0, 0.05) is 43.4 Å². The number of carbonyl (C=O) groups is 2. The molecule has 6 rings (SSSR count). The van der Waals surface area contributed by atoms with Crippen LogP contribution in [0, 0.1) is 17.2 Å². The molecule has 4 aromatic heterocycles. The summed E-state index contributed by atoms with van der Waals surface area (Å²) in [6.07, 6.45) is 8.60. The van der Waals surface area contributed by atoms with E-state index >= 15 is 0 Å². The lowest BCUT2D eigenvalue weighted by Crippen LogP contribution is -2.42. The van der Waals surface area contributed by atoms with E-state index in [1.807, 2.05) is 24.4 Å². The van der Waals surface area contributed by atoms with Crippen molar-refractivity contribution >= 4 is 34.5 Å². The number of nitriles is 1. The molecule has 0 radical (unpaired) electrons. The van der Waals surface area contributed by atoms with Gasteiger partial charge in [0.25, 0.3) is 0 Å². The van der Waals surface area contributed by atoms with Gasteiger partial charge in [-0.1, -0.05) is 11.3 Å². The molecule has 2 fully saturated rings. The summed E-state index contributed by atoms with van der Waals surface area (Å²) in [5.74, 6) is 0.715. The molecular weight excluding hydrogens is 566 g/mol. The molecule has 0 spiro atoms. The fraction of sp³-hybridized carbons (Fsp3) is 0.433. The molecule has 4 aromatic rings. The van der Waals surface area contributed by atoms with E-state index in [9.17, 15) is 14.9 Å². The van der Waals surface area contributed by atoms with E-state index in [0.29, 0.717) is 23.9 Å². The summed E-state index contributed by atoms with van der Waals surface area (Å²) in [6, 6.07) is 10.3. The summed E-state index contributed by atoms with van der Waals surface area (Å²) in [4.78, 5) is 27.7. The topological polar surface area (TPSA) is 159 Å². The third kappa shape index (κ3) is 6.29. The van der Waals surface area contributed by atoms with Gasteiger partial charge in [-0.05, 0) is 68.7 Å². The van der Waals surface area contributed by atoms with Gasteiger partial charge in [-0.15, -0.1) is 10.2 Å². The van der Waals surface area contributed by atoms with Crippen LogP contribution in [0.4, 0.5) is 10.5 Å². The molecule has 2 amide bonds. The molecule has 0 aromatic carbocycles. The molecule has 0 bridgehead atoms. The molecule has 0 atom stereocenters. The second-order valence-corrected chi connectivity index (χ2v) is 12.3. The summed E-state index contributed by atoms with van der Waals surface area (Å²) in [7, 11) is 1.37. The maximum absolute atomic E-state index is 11.5. The predicted molar refractivity (Wildman–Crippen MR) is 161 cm³/mol. The quantitative estimate of drug-likeness (QED) is 0.265. The number of hydrogen-bond acceptors (Lipinski definition) is 10. The first kappa shape index (κ1) is 28.5. The second kappa shape index (κ2) is 12.3. The maximum atomic E-state index is 11.5. The van der Waals surface area contributed by atoms with Crippen LogP contribution in [0.2, 0.25) is 0 Å². The third-order valence-electron chi connectivity index (χ3n) is 8.27. The minimum Gasteiger partial charge on any atom is -0.453 e. The Kier molecular flexibility index (Phi) is 8.20. The minimum absolute atomic E-state index is 0.0194. The van der Waals surface area contributed by atoms with Crippen LogP contribution in [-0.4, -0.2) is 62.5 Å². The fourth-order valence-electron chi connectivity index (χ4n) is 5.96. The van der Waals surface area contributed by atoms with Crippen LogP contribution in [0.15, 0.2) is 36.7 Å². The van der Waals surface area contributed by atoms with Crippen LogP contribution in [0.3, 0.4) is 0 Å². The van der Waals surface area contributed by atoms with Gasteiger partial charge in [-0.25, -0.2) is 9.31 Å². The molecule has 2 saturated carbocycles.